The van der Waals surface area contributed by atoms with Crippen molar-refractivity contribution in [3.05, 3.63) is 34.6 Å². The fourth-order valence-electron chi connectivity index (χ4n) is 0.709. The first-order chi connectivity index (χ1) is 5.65. The van der Waals surface area contributed by atoms with E-state index in [-0.39, 0.29) is 15.8 Å². The fraction of sp³-hybridized carbons (Fsp3) is 0. The molecule has 0 aliphatic rings. The second-order valence-electron chi connectivity index (χ2n) is 2.01. The summed E-state index contributed by atoms with van der Waals surface area (Å²) in [5.74, 6) is -0.490. The van der Waals surface area contributed by atoms with Crippen LogP contribution in [0.25, 0.3) is 0 Å². The van der Waals surface area contributed by atoms with E-state index in [0.29, 0.717) is 0 Å². The van der Waals surface area contributed by atoms with Gasteiger partial charge in [0.25, 0.3) is 0 Å². The van der Waals surface area contributed by atoms with Crippen LogP contribution < -0.4 is 0 Å². The van der Waals surface area contributed by atoms with Crippen LogP contribution in [0.1, 0.15) is 5.56 Å². The molecule has 1 rings (SSSR count). The van der Waals surface area contributed by atoms with Crippen molar-refractivity contribution in [3.8, 4) is 0 Å². The average molecular weight is 208 g/mol. The largest absolute Gasteiger partial charge is 0.410 e. The van der Waals surface area contributed by atoms with Gasteiger partial charge in [0.2, 0.25) is 0 Å². The number of hydrogen-bond acceptors (Lipinski definition) is 2. The molecule has 0 heterocycles. The highest BCUT2D eigenvalue weighted by atomic mass is 35.5. The molecule has 0 saturated heterocycles. The zero-order valence-electron chi connectivity index (χ0n) is 5.76. The molecule has 0 aromatic heterocycles. The lowest BCUT2D eigenvalue weighted by Gasteiger charge is -1.99. The Morgan fingerprint density at radius 2 is 2.17 bits per heavy atom. The van der Waals surface area contributed by atoms with Crippen molar-refractivity contribution in [1.82, 2.24) is 0 Å². The Kier molecular flexibility index (Phi) is 2.89. The van der Waals surface area contributed by atoms with Gasteiger partial charge in [-0.25, -0.2) is 4.39 Å². The second kappa shape index (κ2) is 3.74. The first-order valence-electron chi connectivity index (χ1n) is 2.98. The first kappa shape index (κ1) is 9.29. The van der Waals surface area contributed by atoms with Gasteiger partial charge in [0.15, 0.2) is 5.17 Å². The van der Waals surface area contributed by atoms with Crippen molar-refractivity contribution in [1.29, 1.82) is 0 Å². The number of oxime groups is 1. The summed E-state index contributed by atoms with van der Waals surface area (Å²) >= 11 is 11.0. The van der Waals surface area contributed by atoms with E-state index in [1.165, 1.54) is 12.1 Å². The third kappa shape index (κ3) is 1.87. The summed E-state index contributed by atoms with van der Waals surface area (Å²) in [6.45, 7) is 0. The maximum Gasteiger partial charge on any atom is 0.176 e. The minimum atomic E-state index is -0.490. The van der Waals surface area contributed by atoms with Crippen LogP contribution in [0.3, 0.4) is 0 Å². The van der Waals surface area contributed by atoms with Crippen molar-refractivity contribution < 1.29 is 9.60 Å². The molecule has 0 radical (unpaired) electrons. The summed E-state index contributed by atoms with van der Waals surface area (Å²) < 4.78 is 12.6. The monoisotopic (exact) mass is 207 g/mol. The van der Waals surface area contributed by atoms with E-state index >= 15 is 0 Å². The van der Waals surface area contributed by atoms with Crippen LogP contribution >= 0.6 is 23.2 Å². The average Bonchev–Trinajstić information content (AvgIpc) is 2.08. The van der Waals surface area contributed by atoms with Crippen molar-refractivity contribution in [2.24, 2.45) is 5.16 Å². The zero-order chi connectivity index (χ0) is 9.14. The summed E-state index contributed by atoms with van der Waals surface area (Å²) in [7, 11) is 0. The highest BCUT2D eigenvalue weighted by molar-refractivity contribution is 6.70. The Hall–Kier alpha value is -0.800. The highest BCUT2D eigenvalue weighted by Gasteiger charge is 2.06. The van der Waals surface area contributed by atoms with Gasteiger partial charge in [-0.2, -0.15) is 0 Å². The number of rotatable bonds is 1. The Morgan fingerprint density at radius 3 is 2.75 bits per heavy atom. The van der Waals surface area contributed by atoms with Crippen LogP contribution in [-0.2, 0) is 0 Å². The number of nitrogens with zero attached hydrogens (tertiary/aromatic N) is 1. The van der Waals surface area contributed by atoms with E-state index in [2.05, 4.69) is 5.16 Å². The van der Waals surface area contributed by atoms with Gasteiger partial charge in [0, 0.05) is 5.56 Å². The number of hydrogen-bond donors (Lipinski definition) is 1. The standard InChI is InChI=1S/C7H4Cl2FNO/c8-6-2-1-4(10)3-5(6)7(9)11-12/h1-3,12H. The van der Waals surface area contributed by atoms with Gasteiger partial charge in [0.05, 0.1) is 5.02 Å². The van der Waals surface area contributed by atoms with E-state index in [1.54, 1.807) is 0 Å². The topological polar surface area (TPSA) is 32.6 Å². The summed E-state index contributed by atoms with van der Waals surface area (Å²) in [6, 6.07) is 3.61. The Balaban J connectivity index is 3.23. The van der Waals surface area contributed by atoms with Crippen LogP contribution in [0.2, 0.25) is 5.02 Å². The third-order valence-corrected chi connectivity index (χ3v) is 1.85. The van der Waals surface area contributed by atoms with E-state index < -0.39 is 5.82 Å². The lowest BCUT2D eigenvalue weighted by Crippen LogP contribution is -1.93. The van der Waals surface area contributed by atoms with Crippen molar-refractivity contribution in [2.75, 3.05) is 0 Å². The maximum absolute atomic E-state index is 12.6. The molecule has 0 atom stereocenters. The normalized spacial score (nSPS) is 11.8. The van der Waals surface area contributed by atoms with Gasteiger partial charge in [-0.3, -0.25) is 0 Å². The molecular formula is C7H4Cl2FNO. The predicted octanol–water partition coefficient (Wildman–Crippen LogP) is 2.85. The molecule has 0 aliphatic heterocycles. The maximum atomic E-state index is 12.6. The Morgan fingerprint density at radius 1 is 1.50 bits per heavy atom. The minimum Gasteiger partial charge on any atom is -0.410 e. The van der Waals surface area contributed by atoms with Gasteiger partial charge in [0.1, 0.15) is 5.82 Å². The Labute approximate surface area is 78.2 Å². The number of benzene rings is 1. The molecule has 5 heteroatoms. The van der Waals surface area contributed by atoms with Gasteiger partial charge < -0.3 is 5.21 Å². The highest BCUT2D eigenvalue weighted by Crippen LogP contribution is 2.19. The van der Waals surface area contributed by atoms with Gasteiger partial charge in [-0.15, -0.1) is 0 Å². The molecule has 1 N–H and O–H groups in total. The van der Waals surface area contributed by atoms with E-state index in [9.17, 15) is 4.39 Å². The van der Waals surface area contributed by atoms with Crippen LogP contribution in [-0.4, -0.2) is 10.4 Å². The molecule has 0 aliphatic carbocycles. The third-order valence-electron chi connectivity index (χ3n) is 1.24. The quantitative estimate of drug-likeness (QED) is 0.429. The molecule has 0 saturated carbocycles. The molecule has 0 amide bonds. The van der Waals surface area contributed by atoms with Crippen molar-refractivity contribution in [3.63, 3.8) is 0 Å². The lowest BCUT2D eigenvalue weighted by molar-refractivity contribution is 0.321. The molecule has 2 nitrogen and oxygen atoms in total. The molecule has 0 unspecified atom stereocenters. The molecule has 64 valence electrons. The summed E-state index contributed by atoms with van der Waals surface area (Å²) in [6.07, 6.45) is 0. The molecule has 1 aromatic rings. The van der Waals surface area contributed by atoms with Gasteiger partial charge in [-0.1, -0.05) is 28.4 Å². The van der Waals surface area contributed by atoms with Crippen molar-refractivity contribution >= 4 is 28.4 Å². The van der Waals surface area contributed by atoms with Crippen LogP contribution in [0.5, 0.6) is 0 Å². The fourth-order valence-corrected chi connectivity index (χ4v) is 1.12. The van der Waals surface area contributed by atoms with Gasteiger partial charge in [-0.05, 0) is 18.2 Å². The molecular weight excluding hydrogens is 204 g/mol. The second-order valence-corrected chi connectivity index (χ2v) is 2.78. The van der Waals surface area contributed by atoms with Crippen LogP contribution in [0.15, 0.2) is 23.4 Å². The number of halogens is 3. The van der Waals surface area contributed by atoms with E-state index in [0.717, 1.165) is 6.07 Å². The van der Waals surface area contributed by atoms with Gasteiger partial charge >= 0.3 is 0 Å². The summed E-state index contributed by atoms with van der Waals surface area (Å²) in [4.78, 5) is 0. The molecule has 0 bridgehead atoms. The SMILES string of the molecule is ON=C(Cl)c1cc(F)ccc1Cl. The molecule has 1 aromatic carbocycles. The van der Waals surface area contributed by atoms with Crippen molar-refractivity contribution in [2.45, 2.75) is 0 Å². The lowest BCUT2D eigenvalue weighted by atomic mass is 10.2. The molecule has 12 heavy (non-hydrogen) atoms. The first-order valence-corrected chi connectivity index (χ1v) is 3.73. The van der Waals surface area contributed by atoms with Crippen LogP contribution in [0, 0.1) is 5.82 Å². The molecule has 0 spiro atoms. The Bertz CT molecular complexity index is 327. The summed E-state index contributed by atoms with van der Waals surface area (Å²) in [5, 5.41) is 11.0. The molecule has 0 fully saturated rings. The summed E-state index contributed by atoms with van der Waals surface area (Å²) in [5.41, 5.74) is 0.167. The minimum absolute atomic E-state index is 0.167. The van der Waals surface area contributed by atoms with E-state index in [1.807, 2.05) is 0 Å². The van der Waals surface area contributed by atoms with E-state index in [4.69, 9.17) is 28.4 Å². The smallest absolute Gasteiger partial charge is 0.176 e. The van der Waals surface area contributed by atoms with Crippen LogP contribution in [0.4, 0.5) is 4.39 Å². The predicted molar refractivity (Wildman–Crippen MR) is 45.6 cm³/mol. The zero-order valence-corrected chi connectivity index (χ0v) is 7.27.